The van der Waals surface area contributed by atoms with E-state index in [0.717, 1.165) is 16.8 Å². The Kier molecular flexibility index (Phi) is 3.56. The summed E-state index contributed by atoms with van der Waals surface area (Å²) < 4.78 is 29.1. The fourth-order valence-electron chi connectivity index (χ4n) is 2.31. The molecule has 0 saturated carbocycles. The quantitative estimate of drug-likeness (QED) is 0.935. The topological polar surface area (TPSA) is 39.7 Å². The third kappa shape index (κ3) is 2.72. The molecule has 0 saturated heterocycles. The predicted octanol–water partition coefficient (Wildman–Crippen LogP) is 3.48. The Morgan fingerprint density at radius 3 is 2.86 bits per heavy atom. The summed E-state index contributed by atoms with van der Waals surface area (Å²) in [5.41, 5.74) is 2.76. The molecule has 2 aromatic carbocycles. The standard InChI is InChI=1S/C16H16FNO3/c1-10-5-12(17)3-4-13(10)18-8-11-6-14(19-2)16-15(7-11)20-9-21-16/h3-7,18H,8-9H2,1-2H3. The predicted molar refractivity (Wildman–Crippen MR) is 77.6 cm³/mol. The highest BCUT2D eigenvalue weighted by Crippen LogP contribution is 2.41. The van der Waals surface area contributed by atoms with Gasteiger partial charge >= 0.3 is 0 Å². The minimum absolute atomic E-state index is 0.208. The number of hydrogen-bond acceptors (Lipinski definition) is 4. The zero-order valence-corrected chi connectivity index (χ0v) is 11.9. The van der Waals surface area contributed by atoms with E-state index in [2.05, 4.69) is 5.32 Å². The summed E-state index contributed by atoms with van der Waals surface area (Å²) >= 11 is 0. The zero-order chi connectivity index (χ0) is 14.8. The molecule has 1 N–H and O–H groups in total. The van der Waals surface area contributed by atoms with Crippen LogP contribution in [-0.4, -0.2) is 13.9 Å². The fourth-order valence-corrected chi connectivity index (χ4v) is 2.31. The Labute approximate surface area is 122 Å². The van der Waals surface area contributed by atoms with E-state index < -0.39 is 0 Å². The summed E-state index contributed by atoms with van der Waals surface area (Å²) in [7, 11) is 1.60. The Bertz CT molecular complexity index is 673. The van der Waals surface area contributed by atoms with Crippen LogP contribution >= 0.6 is 0 Å². The van der Waals surface area contributed by atoms with E-state index in [0.29, 0.717) is 23.8 Å². The maximum absolute atomic E-state index is 13.1. The maximum atomic E-state index is 13.1. The van der Waals surface area contributed by atoms with Crippen LogP contribution in [0, 0.1) is 12.7 Å². The minimum atomic E-state index is -0.234. The highest BCUT2D eigenvalue weighted by atomic mass is 19.1. The molecular formula is C16H16FNO3. The normalized spacial score (nSPS) is 12.3. The number of aryl methyl sites for hydroxylation is 1. The number of fused-ring (bicyclic) bond motifs is 1. The number of methoxy groups -OCH3 is 1. The highest BCUT2D eigenvalue weighted by Gasteiger charge is 2.19. The molecule has 0 fully saturated rings. The van der Waals surface area contributed by atoms with Crippen molar-refractivity contribution in [2.75, 3.05) is 19.2 Å². The van der Waals surface area contributed by atoms with Crippen molar-refractivity contribution in [2.45, 2.75) is 13.5 Å². The summed E-state index contributed by atoms with van der Waals surface area (Å²) in [4.78, 5) is 0. The fraction of sp³-hybridized carbons (Fsp3) is 0.250. The van der Waals surface area contributed by atoms with Gasteiger partial charge in [-0.25, -0.2) is 4.39 Å². The van der Waals surface area contributed by atoms with Crippen LogP contribution in [0.5, 0.6) is 17.2 Å². The van der Waals surface area contributed by atoms with Gasteiger partial charge in [-0.15, -0.1) is 0 Å². The molecule has 5 heteroatoms. The van der Waals surface area contributed by atoms with Crippen LogP contribution in [0.15, 0.2) is 30.3 Å². The Balaban J connectivity index is 1.79. The van der Waals surface area contributed by atoms with Crippen LogP contribution in [0.1, 0.15) is 11.1 Å². The second kappa shape index (κ2) is 5.52. The minimum Gasteiger partial charge on any atom is -0.493 e. The summed E-state index contributed by atoms with van der Waals surface area (Å²) in [6.07, 6.45) is 0. The average Bonchev–Trinajstić information content (AvgIpc) is 2.93. The molecule has 0 spiro atoms. The van der Waals surface area contributed by atoms with Gasteiger partial charge in [-0.1, -0.05) is 0 Å². The summed E-state index contributed by atoms with van der Waals surface area (Å²) in [6.45, 7) is 2.66. The first-order chi connectivity index (χ1) is 10.2. The maximum Gasteiger partial charge on any atom is 0.231 e. The Morgan fingerprint density at radius 1 is 1.24 bits per heavy atom. The van der Waals surface area contributed by atoms with Crippen LogP contribution in [-0.2, 0) is 6.54 Å². The molecule has 4 nitrogen and oxygen atoms in total. The molecule has 1 aliphatic heterocycles. The lowest BCUT2D eigenvalue weighted by Crippen LogP contribution is -2.02. The van der Waals surface area contributed by atoms with Crippen molar-refractivity contribution in [3.63, 3.8) is 0 Å². The number of halogens is 1. The average molecular weight is 289 g/mol. The van der Waals surface area contributed by atoms with E-state index in [1.54, 1.807) is 13.2 Å². The number of anilines is 1. The summed E-state index contributed by atoms with van der Waals surface area (Å²) in [6, 6.07) is 8.49. The first-order valence-electron chi connectivity index (χ1n) is 6.64. The largest absolute Gasteiger partial charge is 0.493 e. The van der Waals surface area contributed by atoms with Gasteiger partial charge in [-0.05, 0) is 48.4 Å². The van der Waals surface area contributed by atoms with E-state index in [4.69, 9.17) is 14.2 Å². The van der Waals surface area contributed by atoms with Crippen molar-refractivity contribution in [2.24, 2.45) is 0 Å². The van der Waals surface area contributed by atoms with Gasteiger partial charge in [0, 0.05) is 12.2 Å². The third-order valence-electron chi connectivity index (χ3n) is 3.39. The van der Waals surface area contributed by atoms with Gasteiger partial charge < -0.3 is 19.5 Å². The molecule has 110 valence electrons. The smallest absolute Gasteiger partial charge is 0.231 e. The van der Waals surface area contributed by atoms with Crippen LogP contribution in [0.2, 0.25) is 0 Å². The molecule has 0 unspecified atom stereocenters. The number of hydrogen-bond donors (Lipinski definition) is 1. The van der Waals surface area contributed by atoms with Crippen LogP contribution < -0.4 is 19.5 Å². The Hall–Kier alpha value is -2.43. The molecule has 2 aromatic rings. The van der Waals surface area contributed by atoms with Gasteiger partial charge in [-0.2, -0.15) is 0 Å². The summed E-state index contributed by atoms with van der Waals surface area (Å²) in [5.74, 6) is 1.74. The van der Waals surface area contributed by atoms with Crippen LogP contribution in [0.3, 0.4) is 0 Å². The van der Waals surface area contributed by atoms with Gasteiger partial charge in [0.25, 0.3) is 0 Å². The van der Waals surface area contributed by atoms with Crippen LogP contribution in [0.4, 0.5) is 10.1 Å². The molecule has 21 heavy (non-hydrogen) atoms. The number of nitrogens with one attached hydrogen (secondary N) is 1. The molecule has 0 aromatic heterocycles. The molecule has 1 heterocycles. The first kappa shape index (κ1) is 13.5. The third-order valence-corrected chi connectivity index (χ3v) is 3.39. The van der Waals surface area contributed by atoms with Crippen molar-refractivity contribution >= 4 is 5.69 Å². The van der Waals surface area contributed by atoms with Crippen molar-refractivity contribution < 1.29 is 18.6 Å². The molecule has 0 bridgehead atoms. The van der Waals surface area contributed by atoms with E-state index >= 15 is 0 Å². The lowest BCUT2D eigenvalue weighted by Gasteiger charge is -2.12. The Morgan fingerprint density at radius 2 is 2.10 bits per heavy atom. The van der Waals surface area contributed by atoms with Gasteiger partial charge in [0.15, 0.2) is 11.5 Å². The lowest BCUT2D eigenvalue weighted by atomic mass is 10.1. The summed E-state index contributed by atoms with van der Waals surface area (Å²) in [5, 5.41) is 3.28. The molecule has 0 atom stereocenters. The monoisotopic (exact) mass is 289 g/mol. The molecule has 0 amide bonds. The van der Waals surface area contributed by atoms with Crippen molar-refractivity contribution in [1.29, 1.82) is 0 Å². The van der Waals surface area contributed by atoms with E-state index in [-0.39, 0.29) is 12.6 Å². The number of rotatable bonds is 4. The second-order valence-corrected chi connectivity index (χ2v) is 4.84. The SMILES string of the molecule is COc1cc(CNc2ccc(F)cc2C)cc2c1OCO2. The highest BCUT2D eigenvalue weighted by molar-refractivity contribution is 5.56. The number of benzene rings is 2. The van der Waals surface area contributed by atoms with Gasteiger partial charge in [-0.3, -0.25) is 0 Å². The molecule has 3 rings (SSSR count). The lowest BCUT2D eigenvalue weighted by molar-refractivity contribution is 0.171. The van der Waals surface area contributed by atoms with E-state index in [1.165, 1.54) is 12.1 Å². The van der Waals surface area contributed by atoms with Gasteiger partial charge in [0.05, 0.1) is 7.11 Å². The second-order valence-electron chi connectivity index (χ2n) is 4.84. The van der Waals surface area contributed by atoms with Gasteiger partial charge in [0.2, 0.25) is 12.5 Å². The van der Waals surface area contributed by atoms with E-state index in [9.17, 15) is 4.39 Å². The van der Waals surface area contributed by atoms with Crippen LogP contribution in [0.25, 0.3) is 0 Å². The molecule has 0 radical (unpaired) electrons. The zero-order valence-electron chi connectivity index (χ0n) is 11.9. The van der Waals surface area contributed by atoms with Gasteiger partial charge in [0.1, 0.15) is 5.82 Å². The van der Waals surface area contributed by atoms with Crippen molar-refractivity contribution in [3.8, 4) is 17.2 Å². The molecular weight excluding hydrogens is 273 g/mol. The van der Waals surface area contributed by atoms with Crippen molar-refractivity contribution in [1.82, 2.24) is 0 Å². The number of ether oxygens (including phenoxy) is 3. The van der Waals surface area contributed by atoms with E-state index in [1.807, 2.05) is 19.1 Å². The van der Waals surface area contributed by atoms with Crippen molar-refractivity contribution in [3.05, 3.63) is 47.3 Å². The molecule has 0 aliphatic carbocycles. The molecule has 1 aliphatic rings. The first-order valence-corrected chi connectivity index (χ1v) is 6.64.